The molecule has 0 aromatic carbocycles. The van der Waals surface area contributed by atoms with E-state index in [1.54, 1.807) is 18.0 Å². The van der Waals surface area contributed by atoms with Gasteiger partial charge in [-0.3, -0.25) is 4.79 Å². The lowest BCUT2D eigenvalue weighted by Crippen LogP contribution is -2.47. The van der Waals surface area contributed by atoms with E-state index in [2.05, 4.69) is 0 Å². The number of amides is 1. The number of rotatable bonds is 7. The van der Waals surface area contributed by atoms with Crippen LogP contribution in [-0.2, 0) is 11.3 Å². The number of carbonyl (C=O) groups excluding carboxylic acids is 1. The van der Waals surface area contributed by atoms with E-state index < -0.39 is 6.04 Å². The molecule has 1 amide bonds. The summed E-state index contributed by atoms with van der Waals surface area (Å²) in [5, 5.41) is 0. The molecular weight excluding hydrogens is 272 g/mol. The van der Waals surface area contributed by atoms with Crippen molar-refractivity contribution in [2.45, 2.75) is 50.7 Å². The van der Waals surface area contributed by atoms with Gasteiger partial charge in [0.2, 0.25) is 5.91 Å². The average Bonchev–Trinajstić information content (AvgIpc) is 3.13. The first kappa shape index (κ1) is 15.4. The van der Waals surface area contributed by atoms with Crippen LogP contribution in [0.25, 0.3) is 0 Å². The summed E-state index contributed by atoms with van der Waals surface area (Å²) >= 11 is 1.73. The van der Waals surface area contributed by atoms with Crippen LogP contribution in [0.2, 0.25) is 0 Å². The molecule has 0 bridgehead atoms. The largest absolute Gasteiger partial charge is 0.467 e. The predicted octanol–water partition coefficient (Wildman–Crippen LogP) is 2.63. The first-order valence-corrected chi connectivity index (χ1v) is 8.69. The highest BCUT2D eigenvalue weighted by atomic mass is 32.2. The molecule has 20 heavy (non-hydrogen) atoms. The Balaban J connectivity index is 2.02. The molecule has 1 saturated carbocycles. The second kappa shape index (κ2) is 7.74. The first-order valence-electron chi connectivity index (χ1n) is 7.29. The Labute approximate surface area is 125 Å². The minimum atomic E-state index is -0.391. The molecule has 0 saturated heterocycles. The minimum Gasteiger partial charge on any atom is -0.467 e. The highest BCUT2D eigenvalue weighted by Gasteiger charge is 2.30. The molecule has 0 aliphatic heterocycles. The van der Waals surface area contributed by atoms with Crippen molar-refractivity contribution >= 4 is 17.7 Å². The van der Waals surface area contributed by atoms with Crippen LogP contribution in [0.15, 0.2) is 22.8 Å². The van der Waals surface area contributed by atoms with Gasteiger partial charge in [-0.25, -0.2) is 0 Å². The van der Waals surface area contributed by atoms with Crippen LogP contribution in [0.5, 0.6) is 0 Å². The molecule has 0 radical (unpaired) electrons. The first-order chi connectivity index (χ1) is 9.72. The van der Waals surface area contributed by atoms with Gasteiger partial charge in [0.1, 0.15) is 5.76 Å². The molecule has 0 spiro atoms. The molecule has 1 fully saturated rings. The summed E-state index contributed by atoms with van der Waals surface area (Å²) < 4.78 is 5.40. The summed E-state index contributed by atoms with van der Waals surface area (Å²) in [7, 11) is 0. The van der Waals surface area contributed by atoms with Crippen LogP contribution in [0.3, 0.4) is 0 Å². The molecule has 1 atom stereocenters. The lowest BCUT2D eigenvalue weighted by Gasteiger charge is -2.30. The van der Waals surface area contributed by atoms with Crippen LogP contribution in [-0.4, -0.2) is 34.9 Å². The summed E-state index contributed by atoms with van der Waals surface area (Å²) in [6, 6.07) is 3.72. The van der Waals surface area contributed by atoms with Crippen LogP contribution >= 0.6 is 11.8 Å². The van der Waals surface area contributed by atoms with Gasteiger partial charge in [-0.1, -0.05) is 12.8 Å². The van der Waals surface area contributed by atoms with Crippen molar-refractivity contribution in [2.75, 3.05) is 12.0 Å². The lowest BCUT2D eigenvalue weighted by molar-refractivity contribution is -0.135. The van der Waals surface area contributed by atoms with E-state index in [0.29, 0.717) is 12.6 Å². The average molecular weight is 296 g/mol. The van der Waals surface area contributed by atoms with Crippen molar-refractivity contribution in [3.8, 4) is 0 Å². The van der Waals surface area contributed by atoms with E-state index in [-0.39, 0.29) is 5.91 Å². The number of hydrogen-bond acceptors (Lipinski definition) is 4. The predicted molar refractivity (Wildman–Crippen MR) is 82.5 cm³/mol. The summed E-state index contributed by atoms with van der Waals surface area (Å²) in [4.78, 5) is 14.6. The minimum absolute atomic E-state index is 0.0716. The van der Waals surface area contributed by atoms with Gasteiger partial charge < -0.3 is 15.1 Å². The summed E-state index contributed by atoms with van der Waals surface area (Å²) in [6.45, 7) is 0.545. The number of thioether (sulfide) groups is 1. The summed E-state index contributed by atoms with van der Waals surface area (Å²) in [6.07, 6.45) is 9.00. The Morgan fingerprint density at radius 3 is 2.90 bits per heavy atom. The molecule has 5 heteroatoms. The standard InChI is InChI=1S/C15H24N2O2S/c1-20-10-8-14(16)15(18)17(12-5-2-3-6-12)11-13-7-4-9-19-13/h4,7,9,12,14H,2-3,5-6,8,10-11,16H2,1H3/t14-/m0/s1. The van der Waals surface area contributed by atoms with E-state index in [9.17, 15) is 4.79 Å². The van der Waals surface area contributed by atoms with Crippen molar-refractivity contribution in [1.29, 1.82) is 0 Å². The van der Waals surface area contributed by atoms with Crippen molar-refractivity contribution in [1.82, 2.24) is 4.90 Å². The number of hydrogen-bond donors (Lipinski definition) is 1. The molecular formula is C15H24N2O2S. The molecule has 1 heterocycles. The second-order valence-corrected chi connectivity index (χ2v) is 6.36. The molecule has 1 aliphatic carbocycles. The molecule has 0 unspecified atom stereocenters. The van der Waals surface area contributed by atoms with E-state index in [1.807, 2.05) is 23.3 Å². The third kappa shape index (κ3) is 4.03. The monoisotopic (exact) mass is 296 g/mol. The molecule has 4 nitrogen and oxygen atoms in total. The van der Waals surface area contributed by atoms with Crippen LogP contribution in [0, 0.1) is 0 Å². The molecule has 1 aromatic rings. The highest BCUT2D eigenvalue weighted by Crippen LogP contribution is 2.26. The zero-order chi connectivity index (χ0) is 14.4. The van der Waals surface area contributed by atoms with Gasteiger partial charge in [0.25, 0.3) is 0 Å². The summed E-state index contributed by atoms with van der Waals surface area (Å²) in [5.74, 6) is 1.83. The fraction of sp³-hybridized carbons (Fsp3) is 0.667. The Morgan fingerprint density at radius 2 is 2.30 bits per heavy atom. The van der Waals surface area contributed by atoms with E-state index in [1.165, 1.54) is 12.8 Å². The van der Waals surface area contributed by atoms with E-state index in [4.69, 9.17) is 10.2 Å². The normalized spacial score (nSPS) is 17.3. The van der Waals surface area contributed by atoms with Crippen molar-refractivity contribution in [3.05, 3.63) is 24.2 Å². The smallest absolute Gasteiger partial charge is 0.240 e. The van der Waals surface area contributed by atoms with Gasteiger partial charge in [0, 0.05) is 6.04 Å². The van der Waals surface area contributed by atoms with Crippen LogP contribution in [0.1, 0.15) is 37.9 Å². The number of nitrogens with two attached hydrogens (primary N) is 1. The Bertz CT molecular complexity index is 402. The van der Waals surface area contributed by atoms with Crippen molar-refractivity contribution in [2.24, 2.45) is 5.73 Å². The van der Waals surface area contributed by atoms with Crippen molar-refractivity contribution < 1.29 is 9.21 Å². The molecule has 2 rings (SSSR count). The third-order valence-electron chi connectivity index (χ3n) is 3.91. The van der Waals surface area contributed by atoms with Crippen LogP contribution < -0.4 is 5.73 Å². The van der Waals surface area contributed by atoms with Gasteiger partial charge >= 0.3 is 0 Å². The third-order valence-corrected chi connectivity index (χ3v) is 4.55. The maximum atomic E-state index is 12.6. The van der Waals surface area contributed by atoms with Crippen molar-refractivity contribution in [3.63, 3.8) is 0 Å². The van der Waals surface area contributed by atoms with Gasteiger partial charge in [0.15, 0.2) is 0 Å². The fourth-order valence-corrected chi connectivity index (χ4v) is 3.24. The quantitative estimate of drug-likeness (QED) is 0.840. The van der Waals surface area contributed by atoms with Crippen LogP contribution in [0.4, 0.5) is 0 Å². The summed E-state index contributed by atoms with van der Waals surface area (Å²) in [5.41, 5.74) is 6.07. The molecule has 1 aliphatic rings. The molecule has 1 aromatic heterocycles. The van der Waals surface area contributed by atoms with E-state index in [0.717, 1.165) is 30.8 Å². The zero-order valence-electron chi connectivity index (χ0n) is 12.1. The maximum Gasteiger partial charge on any atom is 0.240 e. The Hall–Kier alpha value is -0.940. The maximum absolute atomic E-state index is 12.6. The second-order valence-electron chi connectivity index (χ2n) is 5.37. The van der Waals surface area contributed by atoms with Gasteiger partial charge in [-0.15, -0.1) is 0 Å². The highest BCUT2D eigenvalue weighted by molar-refractivity contribution is 7.98. The molecule has 2 N–H and O–H groups in total. The van der Waals surface area contributed by atoms with E-state index >= 15 is 0 Å². The lowest BCUT2D eigenvalue weighted by atomic mass is 10.1. The zero-order valence-corrected chi connectivity index (χ0v) is 12.9. The number of nitrogens with zero attached hydrogens (tertiary/aromatic N) is 1. The molecule has 112 valence electrons. The van der Waals surface area contributed by atoms with Gasteiger partial charge in [-0.05, 0) is 43.4 Å². The van der Waals surface area contributed by atoms with Gasteiger partial charge in [0.05, 0.1) is 18.8 Å². The topological polar surface area (TPSA) is 59.5 Å². The number of furan rings is 1. The fourth-order valence-electron chi connectivity index (χ4n) is 2.75. The van der Waals surface area contributed by atoms with Gasteiger partial charge in [-0.2, -0.15) is 11.8 Å². The Morgan fingerprint density at radius 1 is 1.55 bits per heavy atom. The SMILES string of the molecule is CSCC[C@H](N)C(=O)N(Cc1ccco1)C1CCCC1. The number of carbonyl (C=O) groups is 1. The Kier molecular flexibility index (Phi) is 5.98.